The Hall–Kier alpha value is -9.09. The van der Waals surface area contributed by atoms with E-state index in [0.29, 0.717) is 38.2 Å². The predicted octanol–water partition coefficient (Wildman–Crippen LogP) is 17.6. The van der Waals surface area contributed by atoms with Crippen LogP contribution in [0.25, 0.3) is 10.8 Å². The number of fused-ring (bicyclic) bond motifs is 6. The molecule has 3 atom stereocenters. The third kappa shape index (κ3) is 17.3. The number of unbranched alkanes of at least 4 members (excludes halogenated alkanes) is 4. The number of nitriles is 4. The molecule has 3 unspecified atom stereocenters. The number of aliphatic carboxylic acids is 1. The summed E-state index contributed by atoms with van der Waals surface area (Å²) in [5, 5.41) is 56.4. The summed E-state index contributed by atoms with van der Waals surface area (Å²) in [6.45, 7) is 32.0. The zero-order chi connectivity index (χ0) is 80.7. The molecule has 0 spiro atoms. The Balaban J connectivity index is 0.000000236. The lowest BCUT2D eigenvalue weighted by Crippen LogP contribution is -2.40. The van der Waals surface area contributed by atoms with Crippen LogP contribution < -0.4 is 20.4 Å². The van der Waals surface area contributed by atoms with E-state index in [1.54, 1.807) is 6.07 Å². The summed E-state index contributed by atoms with van der Waals surface area (Å²) in [6, 6.07) is 41.1. The zero-order valence-corrected chi connectivity index (χ0v) is 69.6. The van der Waals surface area contributed by atoms with Crippen LogP contribution in [0.2, 0.25) is 0 Å². The molecule has 22 heteroatoms. The molecule has 4 aliphatic heterocycles. The van der Waals surface area contributed by atoms with E-state index < -0.39 is 41.9 Å². The van der Waals surface area contributed by atoms with Gasteiger partial charge in [0.1, 0.15) is 40.8 Å². The maximum atomic E-state index is 14.1. The van der Waals surface area contributed by atoms with Crippen molar-refractivity contribution in [2.75, 3.05) is 64.3 Å². The molecule has 578 valence electrons. The SMILES string of the molecule is CC(C)N(C(C)C)P(OCCC#N)OCCCCCNC(=O)C(C#N)C1C(=CC2=Nc3ccccc3C2(C)C)C(S)=C1C=C1N(C)c2ccc3ccccc3c2C1(C)C.CC1=C(C=C2N(C)c3ccc(C)cc3C2(C)C)C(=C(C#N)C#N)C1=CC1=[N+](C)c2ccc(S(=O)(=O)[O-])cc2C1(C)C.CNCCCCCC(=O)O. The number of carboxylic acid groups (broad SMARTS) is 1. The maximum absolute atomic E-state index is 14.1. The van der Waals surface area contributed by atoms with Crippen LogP contribution in [0.1, 0.15) is 169 Å². The van der Waals surface area contributed by atoms with Crippen LogP contribution in [-0.2, 0) is 50.4 Å². The molecule has 0 bridgehead atoms. The molecule has 2 aliphatic carbocycles. The minimum absolute atomic E-state index is 0.0387. The molecule has 5 aromatic rings. The number of para-hydroxylation sites is 1. The number of carboxylic acids is 1. The molecule has 110 heavy (non-hydrogen) atoms. The minimum Gasteiger partial charge on any atom is -0.744 e. The Labute approximate surface area is 658 Å². The normalized spacial score (nSPS) is 19.4. The first-order valence-corrected chi connectivity index (χ1v) is 40.8. The van der Waals surface area contributed by atoms with Crippen LogP contribution in [-0.4, -0.2) is 117 Å². The van der Waals surface area contributed by atoms with E-state index in [-0.39, 0.29) is 44.7 Å². The Morgan fingerprint density at radius 1 is 0.745 bits per heavy atom. The average molecular weight is 1540 g/mol. The quantitative estimate of drug-likeness (QED) is 0.0100. The fraction of sp³-hybridized carbons (Fsp3) is 0.432. The average Bonchev–Trinajstić information content (AvgIpc) is 1.00. The van der Waals surface area contributed by atoms with Gasteiger partial charge in [-0.05, 0) is 205 Å². The van der Waals surface area contributed by atoms with Crippen molar-refractivity contribution in [2.24, 2.45) is 16.8 Å². The van der Waals surface area contributed by atoms with Crippen molar-refractivity contribution in [1.82, 2.24) is 15.3 Å². The van der Waals surface area contributed by atoms with Crippen molar-refractivity contribution in [3.05, 3.63) is 204 Å². The zero-order valence-electron chi connectivity index (χ0n) is 67.0. The summed E-state index contributed by atoms with van der Waals surface area (Å²) in [5.41, 5.74) is 16.8. The van der Waals surface area contributed by atoms with Gasteiger partial charge in [0, 0.05) is 112 Å². The van der Waals surface area contributed by atoms with Crippen molar-refractivity contribution < 1.29 is 41.3 Å². The molecule has 4 heterocycles. The Bertz CT molecular complexity index is 5020. The van der Waals surface area contributed by atoms with Gasteiger partial charge in [-0.3, -0.25) is 14.6 Å². The number of benzene rings is 5. The highest BCUT2D eigenvalue weighted by atomic mass is 32.2. The second kappa shape index (κ2) is 35.1. The third-order valence-corrected chi connectivity index (χ3v) is 25.5. The number of nitrogens with one attached hydrogen (secondary N) is 2. The number of aliphatic imine (C=N–C) groups is 1. The topological polar surface area (TPSA) is 274 Å². The molecular formula is C88H106N11O8PS2. The number of rotatable bonds is 26. The van der Waals surface area contributed by atoms with E-state index in [1.165, 1.54) is 39.6 Å². The number of anilines is 2. The van der Waals surface area contributed by atoms with Crippen LogP contribution in [0.5, 0.6) is 0 Å². The first-order chi connectivity index (χ1) is 52.0. The first kappa shape index (κ1) is 84.9. The lowest BCUT2D eigenvalue weighted by atomic mass is 9.68. The van der Waals surface area contributed by atoms with Crippen molar-refractivity contribution in [3.63, 3.8) is 0 Å². The van der Waals surface area contributed by atoms with E-state index in [4.69, 9.17) is 37.0 Å². The van der Waals surface area contributed by atoms with Gasteiger partial charge in [-0.15, -0.1) is 12.6 Å². The fourth-order valence-electron chi connectivity index (χ4n) is 16.1. The van der Waals surface area contributed by atoms with Crippen LogP contribution in [0.3, 0.4) is 0 Å². The van der Waals surface area contributed by atoms with Crippen molar-refractivity contribution in [2.45, 2.75) is 187 Å². The third-order valence-electron chi connectivity index (χ3n) is 22.1. The predicted molar refractivity (Wildman–Crippen MR) is 443 cm³/mol. The van der Waals surface area contributed by atoms with Crippen LogP contribution in [0.15, 0.2) is 187 Å². The van der Waals surface area contributed by atoms with E-state index in [9.17, 15) is 38.3 Å². The smallest absolute Gasteiger partial charge is 0.303 e. The lowest BCUT2D eigenvalue weighted by molar-refractivity contribution is -0.401. The molecular weight excluding hydrogens is 1430 g/mol. The number of nitrogens with zero attached hydrogens (tertiary/aromatic N) is 9. The van der Waals surface area contributed by atoms with E-state index in [2.05, 4.69) is 211 Å². The number of allylic oxidation sites excluding steroid dienone is 13. The van der Waals surface area contributed by atoms with Gasteiger partial charge in [0.05, 0.1) is 53.5 Å². The van der Waals surface area contributed by atoms with Gasteiger partial charge in [-0.2, -0.15) is 25.6 Å². The summed E-state index contributed by atoms with van der Waals surface area (Å²) < 4.78 is 51.7. The van der Waals surface area contributed by atoms with Gasteiger partial charge in [-0.25, -0.2) is 13.1 Å². The molecule has 5 aromatic carbocycles. The van der Waals surface area contributed by atoms with Crippen LogP contribution in [0, 0.1) is 64.1 Å². The second-order valence-electron chi connectivity index (χ2n) is 31.6. The maximum Gasteiger partial charge on any atom is 0.303 e. The molecule has 0 aromatic heterocycles. The van der Waals surface area contributed by atoms with Crippen LogP contribution >= 0.6 is 21.2 Å². The molecule has 19 nitrogen and oxygen atoms in total. The van der Waals surface area contributed by atoms with E-state index >= 15 is 0 Å². The minimum atomic E-state index is -4.61. The van der Waals surface area contributed by atoms with Gasteiger partial charge < -0.3 is 39.1 Å². The van der Waals surface area contributed by atoms with Gasteiger partial charge in [0.2, 0.25) is 11.6 Å². The Morgan fingerprint density at radius 3 is 2.03 bits per heavy atom. The highest BCUT2D eigenvalue weighted by Crippen LogP contribution is 2.56. The number of likely N-dealkylation sites (N-methyl/N-ethyl adjacent to an activating group) is 2. The number of amides is 1. The fourth-order valence-corrected chi connectivity index (χ4v) is 18.6. The van der Waals surface area contributed by atoms with Gasteiger partial charge >= 0.3 is 5.97 Å². The largest absolute Gasteiger partial charge is 0.744 e. The molecule has 0 radical (unpaired) electrons. The van der Waals surface area contributed by atoms with Crippen molar-refractivity contribution in [3.8, 4) is 24.3 Å². The summed E-state index contributed by atoms with van der Waals surface area (Å²) >= 11 is 5.11. The summed E-state index contributed by atoms with van der Waals surface area (Å²) in [5.74, 6) is -2.44. The number of carbonyl (C=O) groups excluding carboxylic acids is 1. The van der Waals surface area contributed by atoms with E-state index in [0.717, 1.165) is 135 Å². The van der Waals surface area contributed by atoms with Crippen molar-refractivity contribution >= 4 is 88.1 Å². The molecule has 11 rings (SSSR count). The van der Waals surface area contributed by atoms with E-state index in [1.807, 2.05) is 70.8 Å². The summed E-state index contributed by atoms with van der Waals surface area (Å²) in [7, 11) is 2.02. The molecule has 6 aliphatic rings. The van der Waals surface area contributed by atoms with Crippen LogP contribution in [0.4, 0.5) is 22.7 Å². The number of thiol groups is 1. The lowest BCUT2D eigenvalue weighted by Gasteiger charge is -2.38. The summed E-state index contributed by atoms with van der Waals surface area (Å²) in [6.07, 6.45) is 14.2. The number of hydrogen-bond donors (Lipinski definition) is 4. The number of hydrogen-bond acceptors (Lipinski definition) is 17. The number of aryl methyl sites for hydroxylation is 1. The molecule has 0 fully saturated rings. The monoisotopic (exact) mass is 1540 g/mol. The highest BCUT2D eigenvalue weighted by Gasteiger charge is 2.49. The second-order valence-corrected chi connectivity index (χ2v) is 34.8. The standard InChI is InChI=1S/C48H59N6O3PS.C33H32N4O3S.C7H15NO2/c1-31(2)54(32(3)4)58(57-27-17-24-49)56-26-16-10-15-25-51-46(55)37(30-50)43-35(28-41-47(5,6)38-20-13-14-21-39(38)52-41)45(59)36(43)29-42-48(7,8)44-34-19-12-11-18-33(34)22-23-40(44)53(42)9;1-19-9-11-27-25(13-19)32(3,4)29(36(27)7)15-23-20(2)24(31(23)21(17-34)18-35)16-30-33(5,6)26-14-22(41(38,39)40)10-12-28(26)37(30)8;1-8-6-4-2-3-5-7(9)10/h11-14,18-23,28-29,31-32,37,43,59H,10,15-17,25-27H2,1-9H3,(H,51,55);9-16H,1-8H3;8H,2-6H2,1H3,(H,9,10). The van der Waals surface area contributed by atoms with Gasteiger partial charge in [-0.1, -0.05) is 114 Å². The van der Waals surface area contributed by atoms with Gasteiger partial charge in [0.25, 0.3) is 8.53 Å². The molecule has 0 saturated heterocycles. The van der Waals surface area contributed by atoms with Crippen molar-refractivity contribution in [1.29, 1.82) is 21.0 Å². The number of carbonyl (C=O) groups is 2. The molecule has 0 saturated carbocycles. The Kier molecular flexibility index (Phi) is 27.1. The highest BCUT2D eigenvalue weighted by molar-refractivity contribution is 7.85. The first-order valence-electron chi connectivity index (χ1n) is 37.8. The Morgan fingerprint density at radius 2 is 1.38 bits per heavy atom. The van der Waals surface area contributed by atoms with Gasteiger partial charge in [0.15, 0.2) is 5.71 Å². The molecule has 3 N–H and O–H groups in total. The molecule has 1 amide bonds. The summed E-state index contributed by atoms with van der Waals surface area (Å²) in [4.78, 5) is 34.0.